The zero-order valence-electron chi connectivity index (χ0n) is 13.5. The van der Waals surface area contributed by atoms with Crippen molar-refractivity contribution in [2.45, 2.75) is 0 Å². The highest BCUT2D eigenvalue weighted by Crippen LogP contribution is 2.38. The number of thiocarbonyl (C=S) groups is 1. The molecule has 1 fully saturated rings. The number of hydrogen-bond acceptors (Lipinski definition) is 5. The fraction of sp³-hybridized carbons (Fsp3) is 0.0556. The predicted octanol–water partition coefficient (Wildman–Crippen LogP) is 4.97. The largest absolute Gasteiger partial charge is 0.479 e. The van der Waals surface area contributed by atoms with E-state index in [1.165, 1.54) is 16.7 Å². The van der Waals surface area contributed by atoms with Gasteiger partial charge in [0.05, 0.1) is 20.1 Å². The first-order chi connectivity index (χ1) is 12.9. The summed E-state index contributed by atoms with van der Waals surface area (Å²) >= 11 is 16.0. The molecule has 1 aliphatic heterocycles. The Morgan fingerprint density at radius 2 is 2.04 bits per heavy atom. The second-order valence-electron chi connectivity index (χ2n) is 5.35. The van der Waals surface area contributed by atoms with Gasteiger partial charge in [-0.2, -0.15) is 0 Å². The minimum absolute atomic E-state index is 0.213. The molecule has 1 saturated heterocycles. The molecule has 1 aliphatic rings. The van der Waals surface area contributed by atoms with Gasteiger partial charge in [0, 0.05) is 0 Å². The van der Waals surface area contributed by atoms with Crippen molar-refractivity contribution in [3.05, 3.63) is 62.4 Å². The average Bonchev–Trinajstić information content (AvgIpc) is 2.88. The molecular formula is C18H11BrClNO4S2. The summed E-state index contributed by atoms with van der Waals surface area (Å²) in [4.78, 5) is 25.3. The van der Waals surface area contributed by atoms with Crippen molar-refractivity contribution in [3.8, 4) is 5.75 Å². The zero-order chi connectivity index (χ0) is 19.6. The number of amides is 1. The maximum absolute atomic E-state index is 12.7. The molecule has 138 valence electrons. The van der Waals surface area contributed by atoms with Crippen molar-refractivity contribution in [2.24, 2.45) is 0 Å². The molecule has 27 heavy (non-hydrogen) atoms. The van der Waals surface area contributed by atoms with Crippen LogP contribution in [0.15, 0.2) is 51.8 Å². The SMILES string of the molecule is O=C(O)COc1c(Cl)cc(/C=C2/SC(=S)N(c3ccccc3)C2=O)cc1Br. The van der Waals surface area contributed by atoms with Gasteiger partial charge in [-0.15, -0.1) is 0 Å². The smallest absolute Gasteiger partial charge is 0.341 e. The van der Waals surface area contributed by atoms with Gasteiger partial charge < -0.3 is 9.84 Å². The maximum Gasteiger partial charge on any atom is 0.341 e. The molecule has 0 saturated carbocycles. The third-order valence-corrected chi connectivity index (χ3v) is 5.64. The molecule has 0 aliphatic carbocycles. The first-order valence-electron chi connectivity index (χ1n) is 7.53. The van der Waals surface area contributed by atoms with Crippen LogP contribution in [-0.2, 0) is 9.59 Å². The number of hydrogen-bond donors (Lipinski definition) is 1. The van der Waals surface area contributed by atoms with Crippen LogP contribution >= 0.6 is 51.5 Å². The number of para-hydroxylation sites is 1. The van der Waals surface area contributed by atoms with E-state index in [2.05, 4.69) is 15.9 Å². The first kappa shape index (κ1) is 19.9. The lowest BCUT2D eigenvalue weighted by Crippen LogP contribution is -2.27. The summed E-state index contributed by atoms with van der Waals surface area (Å²) < 4.78 is 6.10. The molecule has 0 aromatic heterocycles. The Balaban J connectivity index is 1.88. The fourth-order valence-electron chi connectivity index (χ4n) is 2.35. The second-order valence-corrected chi connectivity index (χ2v) is 8.29. The van der Waals surface area contributed by atoms with Crippen LogP contribution in [0.2, 0.25) is 5.02 Å². The molecule has 2 aromatic carbocycles. The number of benzene rings is 2. The van der Waals surface area contributed by atoms with Crippen LogP contribution in [0.4, 0.5) is 5.69 Å². The number of thioether (sulfide) groups is 1. The van der Waals surface area contributed by atoms with Crippen LogP contribution in [0.25, 0.3) is 6.08 Å². The van der Waals surface area contributed by atoms with Crippen LogP contribution in [0, 0.1) is 0 Å². The lowest BCUT2D eigenvalue weighted by molar-refractivity contribution is -0.139. The van der Waals surface area contributed by atoms with Crippen molar-refractivity contribution >= 4 is 79.5 Å². The monoisotopic (exact) mass is 483 g/mol. The number of aliphatic carboxylic acids is 1. The number of nitrogens with zero attached hydrogens (tertiary/aromatic N) is 1. The van der Waals surface area contributed by atoms with Gasteiger partial charge in [0.15, 0.2) is 16.7 Å². The number of halogens is 2. The van der Waals surface area contributed by atoms with Crippen molar-refractivity contribution in [1.82, 2.24) is 0 Å². The third-order valence-electron chi connectivity index (χ3n) is 3.47. The summed E-state index contributed by atoms with van der Waals surface area (Å²) in [6.45, 7) is -0.507. The Morgan fingerprint density at radius 3 is 2.67 bits per heavy atom. The van der Waals surface area contributed by atoms with Gasteiger partial charge in [-0.05, 0) is 51.8 Å². The Hall–Kier alpha value is -1.87. The van der Waals surface area contributed by atoms with Gasteiger partial charge >= 0.3 is 5.97 Å². The Labute approximate surface area is 178 Å². The van der Waals surface area contributed by atoms with Crippen LogP contribution in [0.3, 0.4) is 0 Å². The van der Waals surface area contributed by atoms with E-state index in [1.54, 1.807) is 18.2 Å². The predicted molar refractivity (Wildman–Crippen MR) is 114 cm³/mol. The molecule has 0 bridgehead atoms. The Kier molecular flexibility index (Phi) is 6.21. The lowest BCUT2D eigenvalue weighted by Gasteiger charge is -2.13. The van der Waals surface area contributed by atoms with Gasteiger partial charge in [-0.1, -0.05) is 53.8 Å². The van der Waals surface area contributed by atoms with Gasteiger partial charge in [0.1, 0.15) is 0 Å². The number of carbonyl (C=O) groups is 2. The van der Waals surface area contributed by atoms with Crippen LogP contribution in [-0.4, -0.2) is 27.9 Å². The summed E-state index contributed by atoms with van der Waals surface area (Å²) in [6.07, 6.45) is 1.68. The molecule has 1 N–H and O–H groups in total. The molecule has 0 atom stereocenters. The van der Waals surface area contributed by atoms with Crippen molar-refractivity contribution in [2.75, 3.05) is 11.5 Å². The summed E-state index contributed by atoms with van der Waals surface area (Å²) in [5.74, 6) is -1.09. The number of ether oxygens (including phenoxy) is 1. The van der Waals surface area contributed by atoms with Crippen LogP contribution < -0.4 is 9.64 Å². The van der Waals surface area contributed by atoms with Gasteiger partial charge in [0.2, 0.25) is 0 Å². The minimum atomic E-state index is -1.10. The quantitative estimate of drug-likeness (QED) is 0.477. The highest BCUT2D eigenvalue weighted by atomic mass is 79.9. The fourth-order valence-corrected chi connectivity index (χ4v) is 4.64. The number of carboxylic acid groups (broad SMARTS) is 1. The summed E-state index contributed by atoms with van der Waals surface area (Å²) in [5.41, 5.74) is 1.36. The van der Waals surface area contributed by atoms with E-state index in [9.17, 15) is 9.59 Å². The van der Waals surface area contributed by atoms with Crippen molar-refractivity contribution < 1.29 is 19.4 Å². The molecule has 2 aromatic rings. The van der Waals surface area contributed by atoms with E-state index >= 15 is 0 Å². The van der Waals surface area contributed by atoms with Crippen LogP contribution in [0.5, 0.6) is 5.75 Å². The number of rotatable bonds is 5. The second kappa shape index (κ2) is 8.43. The summed E-state index contributed by atoms with van der Waals surface area (Å²) in [7, 11) is 0. The van der Waals surface area contributed by atoms with E-state index < -0.39 is 12.6 Å². The molecule has 0 radical (unpaired) electrons. The standard InChI is InChI=1S/C18H11BrClNO4S2/c19-12-6-10(7-13(20)16(12)25-9-15(22)23)8-14-17(24)21(18(26)27-14)11-4-2-1-3-5-11/h1-8H,9H2,(H,22,23)/b14-8+. The minimum Gasteiger partial charge on any atom is -0.479 e. The molecule has 9 heteroatoms. The number of anilines is 1. The summed E-state index contributed by atoms with van der Waals surface area (Å²) in [6, 6.07) is 12.5. The van der Waals surface area contributed by atoms with Gasteiger partial charge in [-0.3, -0.25) is 9.69 Å². The van der Waals surface area contributed by atoms with Crippen LogP contribution in [0.1, 0.15) is 5.56 Å². The first-order valence-corrected chi connectivity index (χ1v) is 9.93. The third kappa shape index (κ3) is 4.52. The zero-order valence-corrected chi connectivity index (χ0v) is 17.5. The Bertz CT molecular complexity index is 942. The molecule has 0 unspecified atom stereocenters. The lowest BCUT2D eigenvalue weighted by atomic mass is 10.2. The number of carboxylic acids is 1. The van der Waals surface area contributed by atoms with E-state index in [-0.39, 0.29) is 16.7 Å². The van der Waals surface area contributed by atoms with Crippen molar-refractivity contribution in [1.29, 1.82) is 0 Å². The molecule has 3 rings (SSSR count). The summed E-state index contributed by atoms with van der Waals surface area (Å²) in [5, 5.41) is 8.96. The highest BCUT2D eigenvalue weighted by Gasteiger charge is 2.33. The molecule has 1 heterocycles. The average molecular weight is 485 g/mol. The molecule has 5 nitrogen and oxygen atoms in total. The van der Waals surface area contributed by atoms with E-state index in [0.717, 1.165) is 0 Å². The number of carbonyl (C=O) groups excluding carboxylic acids is 1. The molecule has 1 amide bonds. The van der Waals surface area contributed by atoms with E-state index in [1.807, 2.05) is 30.3 Å². The molecular weight excluding hydrogens is 474 g/mol. The molecule has 0 spiro atoms. The maximum atomic E-state index is 12.7. The van der Waals surface area contributed by atoms with E-state index in [4.69, 9.17) is 33.7 Å². The van der Waals surface area contributed by atoms with Crippen molar-refractivity contribution in [3.63, 3.8) is 0 Å². The van der Waals surface area contributed by atoms with Gasteiger partial charge in [0.25, 0.3) is 5.91 Å². The highest BCUT2D eigenvalue weighted by molar-refractivity contribution is 9.10. The van der Waals surface area contributed by atoms with E-state index in [0.29, 0.717) is 24.9 Å². The normalized spacial score (nSPS) is 15.5. The van der Waals surface area contributed by atoms with Gasteiger partial charge in [-0.25, -0.2) is 4.79 Å². The Morgan fingerprint density at radius 1 is 1.33 bits per heavy atom. The topological polar surface area (TPSA) is 66.8 Å².